The Morgan fingerprint density at radius 1 is 1.19 bits per heavy atom. The van der Waals surface area contributed by atoms with Crippen LogP contribution >= 0.6 is 11.8 Å². The molecule has 1 aromatic carbocycles. The van der Waals surface area contributed by atoms with E-state index in [1.54, 1.807) is 13.3 Å². The third kappa shape index (κ3) is 5.06. The number of thioether (sulfide) groups is 1. The molecule has 10 heteroatoms. The Morgan fingerprint density at radius 3 is 2.75 bits per heavy atom. The summed E-state index contributed by atoms with van der Waals surface area (Å²) in [5.74, 6) is 3.40. The van der Waals surface area contributed by atoms with E-state index in [0.717, 1.165) is 29.9 Å². The average molecular weight is 512 g/mol. The van der Waals surface area contributed by atoms with Crippen molar-refractivity contribution in [2.45, 2.75) is 38.5 Å². The van der Waals surface area contributed by atoms with Crippen LogP contribution in [-0.4, -0.2) is 77.7 Å². The summed E-state index contributed by atoms with van der Waals surface area (Å²) < 4.78 is 19.6. The van der Waals surface area contributed by atoms with E-state index in [2.05, 4.69) is 57.6 Å². The molecule has 2 unspecified atom stereocenters. The van der Waals surface area contributed by atoms with Gasteiger partial charge in [0.15, 0.2) is 5.82 Å². The lowest BCUT2D eigenvalue weighted by molar-refractivity contribution is 0.0195. The second-order valence-electron chi connectivity index (χ2n) is 9.96. The van der Waals surface area contributed by atoms with E-state index >= 15 is 0 Å². The number of nitrogens with one attached hydrogen (secondary N) is 1. The van der Waals surface area contributed by atoms with Gasteiger partial charge in [0.1, 0.15) is 6.17 Å². The fraction of sp³-hybridized carbons (Fsp3) is 0.538. The van der Waals surface area contributed by atoms with Crippen LogP contribution in [0.5, 0.6) is 0 Å². The van der Waals surface area contributed by atoms with E-state index in [1.807, 2.05) is 28.9 Å². The number of hydrogen-bond donors (Lipinski definition) is 1. The Labute approximate surface area is 216 Å². The summed E-state index contributed by atoms with van der Waals surface area (Å²) in [6.07, 6.45) is 4.91. The van der Waals surface area contributed by atoms with Crippen LogP contribution in [0.15, 0.2) is 30.6 Å². The van der Waals surface area contributed by atoms with Crippen molar-refractivity contribution in [3.63, 3.8) is 0 Å². The molecule has 2 aromatic heterocycles. The number of ether oxygens (including phenoxy) is 1. The van der Waals surface area contributed by atoms with E-state index < -0.39 is 6.17 Å². The van der Waals surface area contributed by atoms with Gasteiger partial charge in [0.25, 0.3) is 0 Å². The molecule has 3 aromatic rings. The van der Waals surface area contributed by atoms with Crippen LogP contribution in [0.4, 0.5) is 27.5 Å². The number of anilines is 4. The highest BCUT2D eigenvalue weighted by molar-refractivity contribution is 7.98. The van der Waals surface area contributed by atoms with Crippen LogP contribution in [0, 0.1) is 5.92 Å². The first-order chi connectivity index (χ1) is 17.5. The first-order valence-electron chi connectivity index (χ1n) is 12.5. The minimum atomic E-state index is -1.06. The molecule has 4 heterocycles. The smallest absolute Gasteiger partial charge is 0.227 e. The SMILES string of the molecule is COC1CCN(c2cc(Nc3ncc4c(N5CC(CSC)C5)ccc(C(C)C)c4n3)cnn2)CC1F. The van der Waals surface area contributed by atoms with Crippen molar-refractivity contribution < 1.29 is 9.13 Å². The van der Waals surface area contributed by atoms with Crippen molar-refractivity contribution in [1.29, 1.82) is 0 Å². The van der Waals surface area contributed by atoms with Gasteiger partial charge in [-0.05, 0) is 36.0 Å². The van der Waals surface area contributed by atoms with Crippen LogP contribution in [0.2, 0.25) is 0 Å². The molecule has 36 heavy (non-hydrogen) atoms. The number of piperidine rings is 1. The maximum Gasteiger partial charge on any atom is 0.227 e. The zero-order valence-corrected chi connectivity index (χ0v) is 22.1. The molecule has 2 saturated heterocycles. The number of alkyl halides is 1. The second-order valence-corrected chi connectivity index (χ2v) is 10.9. The molecule has 0 bridgehead atoms. The highest BCUT2D eigenvalue weighted by Crippen LogP contribution is 2.36. The zero-order valence-electron chi connectivity index (χ0n) is 21.3. The molecule has 1 N–H and O–H groups in total. The normalized spacial score (nSPS) is 20.7. The van der Waals surface area contributed by atoms with Gasteiger partial charge in [-0.15, -0.1) is 5.10 Å². The lowest BCUT2D eigenvalue weighted by Crippen LogP contribution is -2.48. The molecule has 0 aliphatic carbocycles. The quantitative estimate of drug-likeness (QED) is 0.465. The molecule has 0 radical (unpaired) electrons. The predicted molar refractivity (Wildman–Crippen MR) is 146 cm³/mol. The molecule has 0 spiro atoms. The minimum Gasteiger partial charge on any atom is -0.378 e. The molecule has 0 amide bonds. The second kappa shape index (κ2) is 10.7. The van der Waals surface area contributed by atoms with Crippen LogP contribution in [0.25, 0.3) is 10.9 Å². The van der Waals surface area contributed by atoms with E-state index in [9.17, 15) is 4.39 Å². The first-order valence-corrected chi connectivity index (χ1v) is 13.9. The lowest BCUT2D eigenvalue weighted by atomic mass is 9.96. The van der Waals surface area contributed by atoms with Gasteiger partial charge in [0.05, 0.1) is 30.0 Å². The van der Waals surface area contributed by atoms with Crippen molar-refractivity contribution in [3.8, 4) is 0 Å². The van der Waals surface area contributed by atoms with Crippen molar-refractivity contribution in [2.75, 3.05) is 60.4 Å². The van der Waals surface area contributed by atoms with Crippen molar-refractivity contribution in [1.82, 2.24) is 20.2 Å². The van der Waals surface area contributed by atoms with Gasteiger partial charge in [-0.25, -0.2) is 14.4 Å². The molecular formula is C26H34FN7OS. The Morgan fingerprint density at radius 2 is 2.03 bits per heavy atom. The minimum absolute atomic E-state index is 0.234. The number of halogens is 1. The van der Waals surface area contributed by atoms with Gasteiger partial charge in [-0.1, -0.05) is 19.9 Å². The highest BCUT2D eigenvalue weighted by Gasteiger charge is 2.30. The van der Waals surface area contributed by atoms with Crippen molar-refractivity contribution in [2.24, 2.45) is 5.92 Å². The molecule has 2 fully saturated rings. The fourth-order valence-corrected chi connectivity index (χ4v) is 5.78. The molecule has 2 aliphatic heterocycles. The molecule has 2 aliphatic rings. The maximum absolute atomic E-state index is 14.4. The summed E-state index contributed by atoms with van der Waals surface area (Å²) in [5.41, 5.74) is 4.08. The van der Waals surface area contributed by atoms with E-state index in [0.29, 0.717) is 36.3 Å². The van der Waals surface area contributed by atoms with Gasteiger partial charge in [-0.2, -0.15) is 16.9 Å². The first kappa shape index (κ1) is 25.0. The zero-order chi connectivity index (χ0) is 25.2. The van der Waals surface area contributed by atoms with Crippen molar-refractivity contribution >= 4 is 45.8 Å². The van der Waals surface area contributed by atoms with Gasteiger partial charge in [-0.3, -0.25) is 0 Å². The fourth-order valence-electron chi connectivity index (χ4n) is 5.10. The Hall–Kier alpha value is -2.72. The lowest BCUT2D eigenvalue weighted by Gasteiger charge is -2.41. The summed E-state index contributed by atoms with van der Waals surface area (Å²) >= 11 is 1.91. The third-order valence-corrected chi connectivity index (χ3v) is 7.89. The number of fused-ring (bicyclic) bond motifs is 1. The third-order valence-electron chi connectivity index (χ3n) is 7.09. The van der Waals surface area contributed by atoms with Gasteiger partial charge in [0, 0.05) is 56.0 Å². The summed E-state index contributed by atoms with van der Waals surface area (Å²) in [6.45, 7) is 7.42. The monoisotopic (exact) mass is 511 g/mol. The van der Waals surface area contributed by atoms with Gasteiger partial charge < -0.3 is 19.9 Å². The number of methoxy groups -OCH3 is 1. The highest BCUT2D eigenvalue weighted by atomic mass is 32.2. The van der Waals surface area contributed by atoms with Crippen LogP contribution < -0.4 is 15.1 Å². The van der Waals surface area contributed by atoms with Gasteiger partial charge >= 0.3 is 0 Å². The summed E-state index contributed by atoms with van der Waals surface area (Å²) in [5, 5.41) is 12.7. The van der Waals surface area contributed by atoms with Crippen LogP contribution in [0.1, 0.15) is 31.7 Å². The summed E-state index contributed by atoms with van der Waals surface area (Å²) in [4.78, 5) is 13.9. The standard InChI is InChI=1S/C26H34FN7OS/c1-16(2)19-5-6-22(34-12-17(13-34)15-36-4)20-11-28-26(31-25(19)20)30-18-9-24(32-29-10-18)33-8-7-23(35-3)21(27)14-33/h5-6,9-11,16-17,21,23H,7-8,12-15H2,1-4H3,(H,28,30,31,32). The van der Waals surface area contributed by atoms with Crippen LogP contribution in [0.3, 0.4) is 0 Å². The number of benzene rings is 1. The average Bonchev–Trinajstić information content (AvgIpc) is 2.85. The summed E-state index contributed by atoms with van der Waals surface area (Å²) in [7, 11) is 1.56. The maximum atomic E-state index is 14.4. The van der Waals surface area contributed by atoms with Gasteiger partial charge in [0.2, 0.25) is 5.95 Å². The van der Waals surface area contributed by atoms with E-state index in [4.69, 9.17) is 9.72 Å². The Kier molecular flexibility index (Phi) is 7.43. The predicted octanol–water partition coefficient (Wildman–Crippen LogP) is 4.65. The molecule has 0 saturated carbocycles. The molecule has 192 valence electrons. The number of hydrogen-bond acceptors (Lipinski definition) is 9. The molecular weight excluding hydrogens is 477 g/mol. The Balaban J connectivity index is 1.38. The number of aromatic nitrogens is 4. The largest absolute Gasteiger partial charge is 0.378 e. The number of nitrogens with zero attached hydrogens (tertiary/aromatic N) is 6. The topological polar surface area (TPSA) is 79.3 Å². The molecule has 5 rings (SSSR count). The Bertz CT molecular complexity index is 1210. The molecule has 2 atom stereocenters. The molecule has 8 nitrogen and oxygen atoms in total. The number of rotatable bonds is 8. The summed E-state index contributed by atoms with van der Waals surface area (Å²) in [6, 6.07) is 6.28. The van der Waals surface area contributed by atoms with E-state index in [1.165, 1.54) is 17.0 Å². The van der Waals surface area contributed by atoms with Crippen molar-refractivity contribution in [3.05, 3.63) is 36.2 Å². The van der Waals surface area contributed by atoms with Crippen LogP contribution in [-0.2, 0) is 4.74 Å². The van der Waals surface area contributed by atoms with E-state index in [-0.39, 0.29) is 12.6 Å².